The lowest BCUT2D eigenvalue weighted by Crippen LogP contribution is -1.91. The van der Waals surface area contributed by atoms with Crippen molar-refractivity contribution in [3.05, 3.63) is 97.1 Å². The zero-order valence-corrected chi connectivity index (χ0v) is 15.1. The fraction of sp³-hybridized carbons (Fsp3) is 0. The van der Waals surface area contributed by atoms with Crippen LogP contribution in [0.5, 0.6) is 0 Å². The lowest BCUT2D eigenvalue weighted by atomic mass is 10.0. The second-order valence-corrected chi connectivity index (χ2v) is 7.13. The number of benzene rings is 5. The molecular formula is C26H17NO. The third-order valence-corrected chi connectivity index (χ3v) is 5.40. The molecule has 0 aliphatic rings. The van der Waals surface area contributed by atoms with Gasteiger partial charge in [0, 0.05) is 16.5 Å². The number of fused-ring (bicyclic) bond motifs is 6. The molecule has 0 amide bonds. The van der Waals surface area contributed by atoms with E-state index < -0.39 is 0 Å². The Kier molecular flexibility index (Phi) is 3.20. The molecule has 2 nitrogen and oxygen atoms in total. The van der Waals surface area contributed by atoms with Crippen LogP contribution in [0.4, 0.5) is 11.4 Å². The minimum absolute atomic E-state index is 0.896. The van der Waals surface area contributed by atoms with E-state index in [0.29, 0.717) is 0 Å². The van der Waals surface area contributed by atoms with Gasteiger partial charge < -0.3 is 9.73 Å². The normalized spacial score (nSPS) is 11.6. The fourth-order valence-electron chi connectivity index (χ4n) is 4.09. The monoisotopic (exact) mass is 359 g/mol. The molecule has 6 rings (SSSR count). The summed E-state index contributed by atoms with van der Waals surface area (Å²) >= 11 is 0. The third kappa shape index (κ3) is 2.28. The summed E-state index contributed by atoms with van der Waals surface area (Å²) in [5, 5.41) is 10.8. The van der Waals surface area contributed by atoms with Gasteiger partial charge in [0.25, 0.3) is 0 Å². The summed E-state index contributed by atoms with van der Waals surface area (Å²) in [7, 11) is 0. The highest BCUT2D eigenvalue weighted by Gasteiger charge is 2.14. The Morgan fingerprint density at radius 2 is 1.29 bits per heavy atom. The van der Waals surface area contributed by atoms with Gasteiger partial charge in [-0.05, 0) is 45.8 Å². The molecule has 0 saturated heterocycles. The molecule has 0 spiro atoms. The molecule has 5 aromatic carbocycles. The molecular weight excluding hydrogens is 342 g/mol. The molecule has 1 aromatic heterocycles. The topological polar surface area (TPSA) is 25.2 Å². The maximum absolute atomic E-state index is 6.29. The first-order valence-corrected chi connectivity index (χ1v) is 9.46. The molecule has 0 bridgehead atoms. The first-order chi connectivity index (χ1) is 13.9. The average molecular weight is 359 g/mol. The van der Waals surface area contributed by atoms with Gasteiger partial charge in [-0.25, -0.2) is 0 Å². The molecule has 28 heavy (non-hydrogen) atoms. The van der Waals surface area contributed by atoms with Gasteiger partial charge in [0.15, 0.2) is 5.58 Å². The summed E-state index contributed by atoms with van der Waals surface area (Å²) in [6.07, 6.45) is 0. The number of furan rings is 1. The molecule has 2 heteroatoms. The smallest absolute Gasteiger partial charge is 0.159 e. The lowest BCUT2D eigenvalue weighted by Gasteiger charge is -2.10. The van der Waals surface area contributed by atoms with Crippen molar-refractivity contribution in [2.24, 2.45) is 0 Å². The van der Waals surface area contributed by atoms with Crippen molar-refractivity contribution >= 4 is 54.9 Å². The van der Waals surface area contributed by atoms with Gasteiger partial charge in [-0.2, -0.15) is 0 Å². The molecule has 0 fully saturated rings. The van der Waals surface area contributed by atoms with Crippen molar-refractivity contribution in [2.45, 2.75) is 0 Å². The predicted molar refractivity (Wildman–Crippen MR) is 118 cm³/mol. The van der Waals surface area contributed by atoms with Crippen LogP contribution in [-0.2, 0) is 0 Å². The molecule has 1 heterocycles. The van der Waals surface area contributed by atoms with E-state index >= 15 is 0 Å². The quantitative estimate of drug-likeness (QED) is 0.344. The third-order valence-electron chi connectivity index (χ3n) is 5.40. The molecule has 1 N–H and O–H groups in total. The summed E-state index contributed by atoms with van der Waals surface area (Å²) in [5.74, 6) is 0. The molecule has 0 atom stereocenters. The highest BCUT2D eigenvalue weighted by Crippen LogP contribution is 2.40. The highest BCUT2D eigenvalue weighted by molar-refractivity contribution is 6.22. The standard InChI is InChI=1S/C26H17NO/c1-2-8-18-15-20(14-13-17(18)7-1)27-23-16-19-9-3-4-10-21(19)25-22-11-5-6-12-24(22)28-26(23)25/h1-16,27H. The number of hydrogen-bond acceptors (Lipinski definition) is 2. The second kappa shape index (κ2) is 5.86. The van der Waals surface area contributed by atoms with E-state index in [1.165, 1.54) is 21.5 Å². The van der Waals surface area contributed by atoms with Gasteiger partial charge in [-0.1, -0.05) is 72.8 Å². The summed E-state index contributed by atoms with van der Waals surface area (Å²) in [5.41, 5.74) is 3.85. The summed E-state index contributed by atoms with van der Waals surface area (Å²) in [4.78, 5) is 0. The maximum Gasteiger partial charge on any atom is 0.159 e. The van der Waals surface area contributed by atoms with Crippen LogP contribution in [0.2, 0.25) is 0 Å². The maximum atomic E-state index is 6.29. The fourth-order valence-corrected chi connectivity index (χ4v) is 4.09. The molecule has 0 radical (unpaired) electrons. The van der Waals surface area contributed by atoms with E-state index in [2.05, 4.69) is 90.2 Å². The van der Waals surface area contributed by atoms with Crippen LogP contribution >= 0.6 is 0 Å². The molecule has 0 saturated carbocycles. The predicted octanol–water partition coefficient (Wildman–Crippen LogP) is 7.64. The van der Waals surface area contributed by atoms with E-state index in [4.69, 9.17) is 4.42 Å². The van der Waals surface area contributed by atoms with E-state index in [1.54, 1.807) is 0 Å². The Morgan fingerprint density at radius 3 is 2.18 bits per heavy atom. The van der Waals surface area contributed by atoms with Crippen LogP contribution in [0.25, 0.3) is 43.5 Å². The van der Waals surface area contributed by atoms with Gasteiger partial charge >= 0.3 is 0 Å². The molecule has 132 valence electrons. The zero-order valence-electron chi connectivity index (χ0n) is 15.1. The SMILES string of the molecule is c1ccc2cc(Nc3cc4ccccc4c4c3oc3ccccc34)ccc2c1. The number of rotatable bonds is 2. The summed E-state index contributed by atoms with van der Waals surface area (Å²) < 4.78 is 6.29. The summed E-state index contributed by atoms with van der Waals surface area (Å²) in [6, 6.07) is 33.8. The Hall–Kier alpha value is -3.78. The zero-order chi connectivity index (χ0) is 18.5. The molecule has 0 unspecified atom stereocenters. The van der Waals surface area contributed by atoms with Crippen LogP contribution < -0.4 is 5.32 Å². The Labute approximate surface area is 162 Å². The van der Waals surface area contributed by atoms with Crippen LogP contribution in [0.3, 0.4) is 0 Å². The molecule has 6 aromatic rings. The van der Waals surface area contributed by atoms with Crippen molar-refractivity contribution in [1.82, 2.24) is 0 Å². The number of nitrogens with one attached hydrogen (secondary N) is 1. The van der Waals surface area contributed by atoms with E-state index in [0.717, 1.165) is 33.3 Å². The first-order valence-electron chi connectivity index (χ1n) is 9.46. The Balaban J connectivity index is 1.62. The van der Waals surface area contributed by atoms with Crippen molar-refractivity contribution < 1.29 is 4.42 Å². The largest absolute Gasteiger partial charge is 0.454 e. The van der Waals surface area contributed by atoms with Crippen LogP contribution in [-0.4, -0.2) is 0 Å². The van der Waals surface area contributed by atoms with Crippen molar-refractivity contribution in [3.63, 3.8) is 0 Å². The van der Waals surface area contributed by atoms with Crippen molar-refractivity contribution in [3.8, 4) is 0 Å². The van der Waals surface area contributed by atoms with Crippen molar-refractivity contribution in [2.75, 3.05) is 5.32 Å². The first kappa shape index (κ1) is 15.3. The Morgan fingerprint density at radius 1 is 0.571 bits per heavy atom. The minimum Gasteiger partial charge on any atom is -0.454 e. The van der Waals surface area contributed by atoms with E-state index in [1.807, 2.05) is 12.1 Å². The Bertz CT molecular complexity index is 1490. The molecule has 0 aliphatic carbocycles. The van der Waals surface area contributed by atoms with Gasteiger partial charge in [0.1, 0.15) is 5.58 Å². The average Bonchev–Trinajstić information content (AvgIpc) is 3.14. The van der Waals surface area contributed by atoms with Gasteiger partial charge in [0.2, 0.25) is 0 Å². The number of hydrogen-bond donors (Lipinski definition) is 1. The lowest BCUT2D eigenvalue weighted by molar-refractivity contribution is 0.670. The number of anilines is 2. The van der Waals surface area contributed by atoms with E-state index in [9.17, 15) is 0 Å². The molecule has 0 aliphatic heterocycles. The van der Waals surface area contributed by atoms with Gasteiger partial charge in [-0.3, -0.25) is 0 Å². The summed E-state index contributed by atoms with van der Waals surface area (Å²) in [6.45, 7) is 0. The van der Waals surface area contributed by atoms with E-state index in [-0.39, 0.29) is 0 Å². The van der Waals surface area contributed by atoms with Crippen LogP contribution in [0, 0.1) is 0 Å². The van der Waals surface area contributed by atoms with Crippen LogP contribution in [0.1, 0.15) is 0 Å². The highest BCUT2D eigenvalue weighted by atomic mass is 16.3. The van der Waals surface area contributed by atoms with Crippen molar-refractivity contribution in [1.29, 1.82) is 0 Å². The van der Waals surface area contributed by atoms with Gasteiger partial charge in [0.05, 0.1) is 5.69 Å². The minimum atomic E-state index is 0.896. The van der Waals surface area contributed by atoms with Gasteiger partial charge in [-0.15, -0.1) is 0 Å². The van der Waals surface area contributed by atoms with Crippen LogP contribution in [0.15, 0.2) is 101 Å². The number of para-hydroxylation sites is 1. The second-order valence-electron chi connectivity index (χ2n) is 7.13.